The van der Waals surface area contributed by atoms with Crippen molar-refractivity contribution >= 4 is 17.0 Å². The van der Waals surface area contributed by atoms with Crippen LogP contribution >= 0.6 is 11.3 Å². The molecule has 3 aromatic rings. The zero-order valence-electron chi connectivity index (χ0n) is 13.3. The molecule has 0 amide bonds. The molecule has 1 aromatic carbocycles. The van der Waals surface area contributed by atoms with Gasteiger partial charge in [-0.2, -0.15) is 5.10 Å². The first-order valence-corrected chi connectivity index (χ1v) is 8.75. The molecule has 0 aliphatic heterocycles. The highest BCUT2D eigenvalue weighted by molar-refractivity contribution is 7.09. The maximum Gasteiger partial charge on any atom is 0.181 e. The third kappa shape index (κ3) is 2.99. The van der Waals surface area contributed by atoms with Gasteiger partial charge in [0, 0.05) is 22.0 Å². The average molecular weight is 325 g/mol. The number of hydrogen-bond donors (Lipinski definition) is 2. The van der Waals surface area contributed by atoms with Gasteiger partial charge in [0.25, 0.3) is 0 Å². The van der Waals surface area contributed by atoms with Crippen molar-refractivity contribution in [1.82, 2.24) is 20.2 Å². The number of nitrogens with one attached hydrogen (secondary N) is 2. The number of rotatable bonds is 5. The van der Waals surface area contributed by atoms with Gasteiger partial charge in [-0.3, -0.25) is 5.10 Å². The number of hydrogen-bond acceptors (Lipinski definition) is 5. The lowest BCUT2D eigenvalue weighted by Gasteiger charge is -2.10. The van der Waals surface area contributed by atoms with Crippen molar-refractivity contribution in [1.29, 1.82) is 0 Å². The predicted molar refractivity (Wildman–Crippen MR) is 92.7 cm³/mol. The number of thiazole rings is 1. The molecule has 0 unspecified atom stereocenters. The molecule has 6 heteroatoms. The Hall–Kier alpha value is -2.21. The summed E-state index contributed by atoms with van der Waals surface area (Å²) in [5, 5.41) is 10.7. The Kier molecular flexibility index (Phi) is 3.61. The molecule has 0 saturated heterocycles. The summed E-state index contributed by atoms with van der Waals surface area (Å²) < 4.78 is 0. The lowest BCUT2D eigenvalue weighted by molar-refractivity contribution is 0.999. The summed E-state index contributed by atoms with van der Waals surface area (Å²) in [7, 11) is 0. The maximum atomic E-state index is 4.54. The van der Waals surface area contributed by atoms with Gasteiger partial charge in [-0.05, 0) is 38.3 Å². The number of nitrogens with zero attached hydrogens (tertiary/aromatic N) is 3. The highest BCUT2D eigenvalue weighted by Gasteiger charge is 2.28. The van der Waals surface area contributed by atoms with E-state index in [0.717, 1.165) is 29.4 Å². The van der Waals surface area contributed by atoms with Gasteiger partial charge >= 0.3 is 0 Å². The highest BCUT2D eigenvalue weighted by atomic mass is 32.1. The summed E-state index contributed by atoms with van der Waals surface area (Å²) in [6, 6.07) is 6.29. The molecule has 2 heterocycles. The molecule has 0 spiro atoms. The molecule has 1 aliphatic rings. The molecule has 1 fully saturated rings. The van der Waals surface area contributed by atoms with E-state index in [1.807, 2.05) is 12.4 Å². The van der Waals surface area contributed by atoms with E-state index >= 15 is 0 Å². The maximum absolute atomic E-state index is 4.54. The largest absolute Gasteiger partial charge is 0.380 e. The van der Waals surface area contributed by atoms with E-state index in [-0.39, 0.29) is 0 Å². The monoisotopic (exact) mass is 325 g/mol. The Balaban J connectivity index is 1.55. The van der Waals surface area contributed by atoms with Crippen LogP contribution < -0.4 is 5.32 Å². The van der Waals surface area contributed by atoms with Gasteiger partial charge in [-0.1, -0.05) is 12.1 Å². The van der Waals surface area contributed by atoms with Gasteiger partial charge in [-0.15, -0.1) is 11.3 Å². The van der Waals surface area contributed by atoms with Crippen LogP contribution in [0.3, 0.4) is 0 Å². The molecule has 2 aromatic heterocycles. The van der Waals surface area contributed by atoms with Crippen molar-refractivity contribution < 1.29 is 0 Å². The second kappa shape index (κ2) is 5.77. The number of aromatic amines is 1. The van der Waals surface area contributed by atoms with Gasteiger partial charge in [0.15, 0.2) is 5.82 Å². The van der Waals surface area contributed by atoms with Crippen LogP contribution in [-0.4, -0.2) is 20.2 Å². The number of anilines is 1. The Bertz CT molecular complexity index is 831. The van der Waals surface area contributed by atoms with Crippen LogP contribution in [0.4, 0.5) is 5.69 Å². The van der Waals surface area contributed by atoms with Crippen molar-refractivity contribution in [3.63, 3.8) is 0 Å². The zero-order chi connectivity index (χ0) is 15.8. The van der Waals surface area contributed by atoms with Crippen LogP contribution in [0.25, 0.3) is 11.4 Å². The average Bonchev–Trinajstić information content (AvgIpc) is 3.12. The van der Waals surface area contributed by atoms with Crippen molar-refractivity contribution in [2.75, 3.05) is 5.32 Å². The topological polar surface area (TPSA) is 66.5 Å². The fraction of sp³-hybridized carbons (Fsp3) is 0.353. The second-order valence-corrected chi connectivity index (χ2v) is 7.00. The molecule has 2 N–H and O–H groups in total. The lowest BCUT2D eigenvalue weighted by Crippen LogP contribution is -2.02. The molecule has 4 rings (SSSR count). The quantitative estimate of drug-likeness (QED) is 0.743. The number of benzene rings is 1. The summed E-state index contributed by atoms with van der Waals surface area (Å²) in [4.78, 5) is 10.3. The van der Waals surface area contributed by atoms with Crippen LogP contribution in [0, 0.1) is 13.8 Å². The summed E-state index contributed by atoms with van der Waals surface area (Å²) >= 11 is 1.74. The Morgan fingerprint density at radius 1 is 1.30 bits per heavy atom. The Morgan fingerprint density at radius 3 is 2.91 bits per heavy atom. The minimum atomic E-state index is 0.696. The van der Waals surface area contributed by atoms with Crippen LogP contribution in [0.1, 0.15) is 40.7 Å². The normalized spacial score (nSPS) is 14.2. The fourth-order valence-electron chi connectivity index (χ4n) is 2.70. The molecular formula is C17H19N5S. The SMILES string of the molecule is Cc1nc(-c2ccc(C)c(NCc3scnc3C3CC3)c2)n[nH]1. The third-order valence-electron chi connectivity index (χ3n) is 4.17. The first-order chi connectivity index (χ1) is 11.2. The van der Waals surface area contributed by atoms with E-state index in [9.17, 15) is 0 Å². The summed E-state index contributed by atoms with van der Waals surface area (Å²) in [6.07, 6.45) is 2.57. The molecule has 0 bridgehead atoms. The summed E-state index contributed by atoms with van der Waals surface area (Å²) in [5.74, 6) is 2.26. The molecule has 23 heavy (non-hydrogen) atoms. The first-order valence-electron chi connectivity index (χ1n) is 7.87. The lowest BCUT2D eigenvalue weighted by atomic mass is 10.1. The van der Waals surface area contributed by atoms with Gasteiger partial charge < -0.3 is 5.32 Å². The van der Waals surface area contributed by atoms with Crippen LogP contribution in [0.2, 0.25) is 0 Å². The first kappa shape index (κ1) is 14.4. The molecule has 0 atom stereocenters. The fourth-order valence-corrected chi connectivity index (χ4v) is 3.49. The van der Waals surface area contributed by atoms with Gasteiger partial charge in [0.2, 0.25) is 0 Å². The zero-order valence-corrected chi connectivity index (χ0v) is 14.1. The number of aryl methyl sites for hydroxylation is 2. The van der Waals surface area contributed by atoms with E-state index < -0.39 is 0 Å². The molecule has 5 nitrogen and oxygen atoms in total. The van der Waals surface area contributed by atoms with Crippen LogP contribution in [-0.2, 0) is 6.54 Å². The minimum absolute atomic E-state index is 0.696. The molecular weight excluding hydrogens is 306 g/mol. The Labute approximate surface area is 139 Å². The summed E-state index contributed by atoms with van der Waals surface area (Å²) in [5.41, 5.74) is 6.62. The third-order valence-corrected chi connectivity index (χ3v) is 5.02. The number of aromatic nitrogens is 4. The Morgan fingerprint density at radius 2 is 2.17 bits per heavy atom. The van der Waals surface area contributed by atoms with Gasteiger partial charge in [0.1, 0.15) is 5.82 Å². The van der Waals surface area contributed by atoms with Crippen LogP contribution in [0.5, 0.6) is 0 Å². The van der Waals surface area contributed by atoms with E-state index in [0.29, 0.717) is 5.92 Å². The molecule has 1 aliphatic carbocycles. The predicted octanol–water partition coefficient (Wildman–Crippen LogP) is 4.03. The van der Waals surface area contributed by atoms with E-state index in [4.69, 9.17) is 0 Å². The molecule has 0 radical (unpaired) electrons. The minimum Gasteiger partial charge on any atom is -0.380 e. The number of H-pyrrole nitrogens is 1. The van der Waals surface area contributed by atoms with Crippen LogP contribution in [0.15, 0.2) is 23.7 Å². The van der Waals surface area contributed by atoms with Crippen molar-refractivity contribution in [3.8, 4) is 11.4 Å². The van der Waals surface area contributed by atoms with Crippen molar-refractivity contribution in [3.05, 3.63) is 45.7 Å². The smallest absolute Gasteiger partial charge is 0.181 e. The van der Waals surface area contributed by atoms with E-state index in [2.05, 4.69) is 50.6 Å². The van der Waals surface area contributed by atoms with Crippen molar-refractivity contribution in [2.45, 2.75) is 39.2 Å². The van der Waals surface area contributed by atoms with Crippen molar-refractivity contribution in [2.24, 2.45) is 0 Å². The summed E-state index contributed by atoms with van der Waals surface area (Å²) in [6.45, 7) is 4.85. The van der Waals surface area contributed by atoms with Gasteiger partial charge in [0.05, 0.1) is 17.7 Å². The molecule has 118 valence electrons. The van der Waals surface area contributed by atoms with E-state index in [1.165, 1.54) is 29.0 Å². The highest BCUT2D eigenvalue weighted by Crippen LogP contribution is 2.42. The second-order valence-electron chi connectivity index (χ2n) is 6.06. The van der Waals surface area contributed by atoms with Gasteiger partial charge in [-0.25, -0.2) is 9.97 Å². The standard InChI is InChI=1S/C17H19N5S/c1-10-3-4-13(17-20-11(2)21-22-17)7-14(10)18-8-15-16(12-5-6-12)19-9-23-15/h3-4,7,9,12,18H,5-6,8H2,1-2H3,(H,20,21,22). The van der Waals surface area contributed by atoms with E-state index in [1.54, 1.807) is 11.3 Å². The molecule has 1 saturated carbocycles.